The maximum Gasteiger partial charge on any atom is 0.129 e. The highest BCUT2D eigenvalue weighted by Gasteiger charge is 2.40. The van der Waals surface area contributed by atoms with Crippen LogP contribution in [0.1, 0.15) is 17.0 Å². The minimum Gasteiger partial charge on any atom is -0.395 e. The molecule has 1 aromatic heterocycles. The Kier molecular flexibility index (Phi) is 6.11. The Bertz CT molecular complexity index is 802. The van der Waals surface area contributed by atoms with E-state index in [4.69, 9.17) is 0 Å². The van der Waals surface area contributed by atoms with E-state index in [-0.39, 0.29) is 25.1 Å². The summed E-state index contributed by atoms with van der Waals surface area (Å²) in [6, 6.07) is 1.70. The minimum absolute atomic E-state index is 0.0157. The molecule has 9 heteroatoms. The monoisotopic (exact) mass is 397 g/mol. The van der Waals surface area contributed by atoms with E-state index in [2.05, 4.69) is 10.2 Å². The van der Waals surface area contributed by atoms with E-state index in [1.807, 2.05) is 0 Å². The van der Waals surface area contributed by atoms with Crippen LogP contribution in [0.5, 0.6) is 0 Å². The summed E-state index contributed by atoms with van der Waals surface area (Å²) in [6.07, 6.45) is -3.95. The van der Waals surface area contributed by atoms with Crippen molar-refractivity contribution in [3.63, 3.8) is 0 Å². The van der Waals surface area contributed by atoms with Crippen LogP contribution in [0.3, 0.4) is 0 Å². The van der Waals surface area contributed by atoms with Gasteiger partial charge < -0.3 is 20.4 Å². The molecule has 0 radical (unpaired) electrons. The lowest BCUT2D eigenvalue weighted by Gasteiger charge is -2.43. The molecule has 1 saturated heterocycles. The number of piperidine rings is 1. The molecule has 154 valence electrons. The number of β-amino-alcohol motifs (C(OH)–C–C–N with tert-alkyl or cyclic N) is 1. The molecule has 0 aliphatic carbocycles. The molecule has 7 nitrogen and oxygen atoms in total. The van der Waals surface area contributed by atoms with E-state index in [0.717, 1.165) is 0 Å². The number of nitrogens with one attached hydrogen (secondary N) is 1. The number of halogens is 2. The quantitative estimate of drug-likeness (QED) is 0.495. The maximum atomic E-state index is 14.6. The van der Waals surface area contributed by atoms with Gasteiger partial charge in [-0.3, -0.25) is 10.00 Å². The van der Waals surface area contributed by atoms with Crippen LogP contribution in [0, 0.1) is 25.5 Å². The molecule has 2 heterocycles. The van der Waals surface area contributed by atoms with Gasteiger partial charge in [-0.25, -0.2) is 8.78 Å². The van der Waals surface area contributed by atoms with Crippen molar-refractivity contribution in [2.24, 2.45) is 0 Å². The van der Waals surface area contributed by atoms with Crippen molar-refractivity contribution in [2.75, 3.05) is 19.7 Å². The normalized spacial score (nSPS) is 26.0. The molecule has 0 amide bonds. The van der Waals surface area contributed by atoms with Gasteiger partial charge in [0, 0.05) is 29.9 Å². The third kappa shape index (κ3) is 3.81. The number of hydrogen-bond acceptors (Lipinski definition) is 6. The van der Waals surface area contributed by atoms with Crippen molar-refractivity contribution < 1.29 is 29.2 Å². The van der Waals surface area contributed by atoms with Gasteiger partial charge in [-0.1, -0.05) is 0 Å². The number of nitrogens with zero attached hydrogens (tertiary/aromatic N) is 2. The fourth-order valence-electron chi connectivity index (χ4n) is 3.85. The summed E-state index contributed by atoms with van der Waals surface area (Å²) in [5.41, 5.74) is 2.28. The molecule has 1 aliphatic heterocycles. The average molecular weight is 397 g/mol. The Morgan fingerprint density at radius 2 is 1.79 bits per heavy atom. The molecule has 0 spiro atoms. The molecule has 5 N–H and O–H groups in total. The highest BCUT2D eigenvalue weighted by Crippen LogP contribution is 2.29. The second-order valence-corrected chi connectivity index (χ2v) is 7.27. The Morgan fingerprint density at radius 1 is 1.14 bits per heavy atom. The van der Waals surface area contributed by atoms with E-state index in [9.17, 15) is 29.2 Å². The first-order chi connectivity index (χ1) is 13.2. The van der Waals surface area contributed by atoms with Gasteiger partial charge >= 0.3 is 0 Å². The van der Waals surface area contributed by atoms with Gasteiger partial charge in [-0.05, 0) is 38.0 Å². The topological polar surface area (TPSA) is 113 Å². The first kappa shape index (κ1) is 20.8. The van der Waals surface area contributed by atoms with Gasteiger partial charge in [0.2, 0.25) is 0 Å². The van der Waals surface area contributed by atoms with Gasteiger partial charge in [0.05, 0.1) is 24.4 Å². The van der Waals surface area contributed by atoms with Crippen LogP contribution in [0.15, 0.2) is 12.1 Å². The summed E-state index contributed by atoms with van der Waals surface area (Å²) >= 11 is 0. The maximum absolute atomic E-state index is 14.6. The van der Waals surface area contributed by atoms with Crippen molar-refractivity contribution in [1.82, 2.24) is 15.1 Å². The van der Waals surface area contributed by atoms with Crippen molar-refractivity contribution in [2.45, 2.75) is 44.6 Å². The van der Waals surface area contributed by atoms with Crippen LogP contribution in [-0.2, 0) is 6.42 Å². The largest absolute Gasteiger partial charge is 0.395 e. The van der Waals surface area contributed by atoms with Gasteiger partial charge in [0.15, 0.2) is 0 Å². The lowest BCUT2D eigenvalue weighted by molar-refractivity contribution is -0.144. The molecule has 0 unspecified atom stereocenters. The Balaban J connectivity index is 1.80. The van der Waals surface area contributed by atoms with Crippen LogP contribution in [0.2, 0.25) is 0 Å². The second kappa shape index (κ2) is 8.22. The predicted octanol–water partition coefficient (Wildman–Crippen LogP) is 0.273. The summed E-state index contributed by atoms with van der Waals surface area (Å²) in [5, 5.41) is 45.9. The highest BCUT2D eigenvalue weighted by molar-refractivity contribution is 5.68. The van der Waals surface area contributed by atoms with E-state index in [1.165, 1.54) is 17.0 Å². The first-order valence-corrected chi connectivity index (χ1v) is 9.13. The molecular formula is C19H25F2N3O4. The third-order valence-corrected chi connectivity index (χ3v) is 5.42. The zero-order chi connectivity index (χ0) is 20.6. The fourth-order valence-corrected chi connectivity index (χ4v) is 3.85. The molecule has 1 fully saturated rings. The molecule has 0 bridgehead atoms. The molecule has 4 atom stereocenters. The van der Waals surface area contributed by atoms with Gasteiger partial charge in [-0.2, -0.15) is 5.10 Å². The molecule has 1 aromatic carbocycles. The van der Waals surface area contributed by atoms with Gasteiger partial charge in [-0.15, -0.1) is 0 Å². The van der Waals surface area contributed by atoms with Crippen LogP contribution in [0.25, 0.3) is 11.1 Å². The standard InChI is InChI=1S/C19H25F2N3O4/c1-9-17(10(2)23-22-9)11-5-13(20)12(14(21)6-11)3-4-24-7-16(26)19(28)18(27)15(24)8-25/h5-6,15-16,18-19,25-28H,3-4,7-8H2,1-2H3,(H,22,23)/t15-,16-,18+,19+/m0/s1. The smallest absolute Gasteiger partial charge is 0.129 e. The number of likely N-dealkylation sites (tertiary alicyclic amines) is 1. The number of aliphatic hydroxyl groups is 4. The zero-order valence-corrected chi connectivity index (χ0v) is 15.7. The number of benzene rings is 1. The summed E-state index contributed by atoms with van der Waals surface area (Å²) < 4.78 is 29.3. The van der Waals surface area contributed by atoms with Crippen molar-refractivity contribution in [1.29, 1.82) is 0 Å². The Hall–Kier alpha value is -1.91. The average Bonchev–Trinajstić information content (AvgIpc) is 2.97. The van der Waals surface area contributed by atoms with E-state index >= 15 is 0 Å². The van der Waals surface area contributed by atoms with Crippen molar-refractivity contribution >= 4 is 0 Å². The number of aryl methyl sites for hydroxylation is 2. The summed E-state index contributed by atoms with van der Waals surface area (Å²) in [5.74, 6) is -1.40. The first-order valence-electron chi connectivity index (χ1n) is 9.13. The van der Waals surface area contributed by atoms with Crippen LogP contribution < -0.4 is 0 Å². The molecule has 1 aliphatic rings. The van der Waals surface area contributed by atoms with Crippen LogP contribution in [-0.4, -0.2) is 79.6 Å². The number of rotatable bonds is 5. The fraction of sp³-hybridized carbons (Fsp3) is 0.526. The summed E-state index contributed by atoms with van der Waals surface area (Å²) in [6.45, 7) is 3.16. The number of aliphatic hydroxyl groups excluding tert-OH is 4. The van der Waals surface area contributed by atoms with Gasteiger partial charge in [0.1, 0.15) is 23.8 Å². The number of aromatic nitrogens is 2. The SMILES string of the molecule is Cc1n[nH]c(C)c1-c1cc(F)c(CCN2C[C@H](O)[C@@H](O)[C@H](O)[C@@H]2CO)c(F)c1. The Labute approximate surface area is 161 Å². The summed E-state index contributed by atoms with van der Waals surface area (Å²) in [7, 11) is 0. The van der Waals surface area contributed by atoms with E-state index < -0.39 is 42.6 Å². The lowest BCUT2D eigenvalue weighted by Crippen LogP contribution is -2.62. The van der Waals surface area contributed by atoms with Crippen LogP contribution >= 0.6 is 0 Å². The molecule has 28 heavy (non-hydrogen) atoms. The third-order valence-electron chi connectivity index (χ3n) is 5.42. The van der Waals surface area contributed by atoms with Crippen molar-refractivity contribution in [3.8, 4) is 11.1 Å². The Morgan fingerprint density at radius 3 is 2.32 bits per heavy atom. The second-order valence-electron chi connectivity index (χ2n) is 7.27. The predicted molar refractivity (Wildman–Crippen MR) is 97.6 cm³/mol. The number of hydrogen-bond donors (Lipinski definition) is 5. The molecule has 2 aromatic rings. The van der Waals surface area contributed by atoms with E-state index in [0.29, 0.717) is 22.5 Å². The van der Waals surface area contributed by atoms with E-state index in [1.54, 1.807) is 13.8 Å². The molecule has 0 saturated carbocycles. The minimum atomic E-state index is -1.37. The highest BCUT2D eigenvalue weighted by atomic mass is 19.1. The molecule has 3 rings (SSSR count). The van der Waals surface area contributed by atoms with Gasteiger partial charge in [0.25, 0.3) is 0 Å². The van der Waals surface area contributed by atoms with Crippen LogP contribution in [0.4, 0.5) is 8.78 Å². The zero-order valence-electron chi connectivity index (χ0n) is 15.7. The lowest BCUT2D eigenvalue weighted by atomic mass is 9.93. The summed E-state index contributed by atoms with van der Waals surface area (Å²) in [4.78, 5) is 1.53. The van der Waals surface area contributed by atoms with Crippen molar-refractivity contribution in [3.05, 3.63) is 40.7 Å². The number of H-pyrrole nitrogens is 1. The number of aromatic amines is 1. The molecular weight excluding hydrogens is 372 g/mol.